The maximum absolute atomic E-state index is 10.9. The van der Waals surface area contributed by atoms with Crippen molar-refractivity contribution in [3.8, 4) is 0 Å². The highest BCUT2D eigenvalue weighted by Gasteiger charge is 2.12. The largest absolute Gasteiger partial charge is 0.477 e. The quantitative estimate of drug-likeness (QED) is 0.784. The molecule has 0 aromatic carbocycles. The van der Waals surface area contributed by atoms with E-state index >= 15 is 0 Å². The smallest absolute Gasteiger partial charge is 0.346 e. The summed E-state index contributed by atoms with van der Waals surface area (Å²) in [7, 11) is 0. The third-order valence-electron chi connectivity index (χ3n) is 1.50. The van der Waals surface area contributed by atoms with Crippen LogP contribution in [-0.4, -0.2) is 22.9 Å². The van der Waals surface area contributed by atoms with Crippen LogP contribution in [0.3, 0.4) is 0 Å². The second kappa shape index (κ2) is 4.43. The number of amides is 1. The van der Waals surface area contributed by atoms with E-state index in [-0.39, 0.29) is 16.7 Å². The lowest BCUT2D eigenvalue weighted by atomic mass is 10.3. The molecule has 0 spiro atoms. The van der Waals surface area contributed by atoms with E-state index in [9.17, 15) is 9.59 Å². The molecule has 6 heteroatoms. The van der Waals surface area contributed by atoms with Crippen molar-refractivity contribution in [1.82, 2.24) is 0 Å². The van der Waals surface area contributed by atoms with Crippen molar-refractivity contribution < 1.29 is 14.7 Å². The maximum atomic E-state index is 10.9. The Bertz CT molecular complexity index is 375. The average Bonchev–Trinajstić information content (AvgIpc) is 2.46. The summed E-state index contributed by atoms with van der Waals surface area (Å²) in [6.07, 6.45) is 0. The van der Waals surface area contributed by atoms with Gasteiger partial charge in [0.05, 0.1) is 5.00 Å². The molecule has 0 atom stereocenters. The van der Waals surface area contributed by atoms with Gasteiger partial charge in [-0.1, -0.05) is 0 Å². The highest BCUT2D eigenvalue weighted by Crippen LogP contribution is 2.26. The molecule has 2 N–H and O–H groups in total. The highest BCUT2D eigenvalue weighted by atomic mass is 35.5. The Labute approximate surface area is 89.5 Å². The normalized spacial score (nSPS) is 9.86. The third kappa shape index (κ3) is 2.46. The Balaban J connectivity index is 2.86. The molecular formula is C8H8ClNO3S. The molecule has 0 saturated heterocycles. The first-order valence-corrected chi connectivity index (χ1v) is 5.09. The summed E-state index contributed by atoms with van der Waals surface area (Å²) in [5.41, 5.74) is 0.632. The second-order valence-electron chi connectivity index (χ2n) is 2.61. The van der Waals surface area contributed by atoms with Crippen LogP contribution >= 0.6 is 22.9 Å². The molecule has 0 aliphatic carbocycles. The van der Waals surface area contributed by atoms with Crippen molar-refractivity contribution >= 4 is 39.8 Å². The first-order chi connectivity index (χ1) is 6.54. The minimum Gasteiger partial charge on any atom is -0.477 e. The summed E-state index contributed by atoms with van der Waals surface area (Å²) >= 11 is 6.31. The van der Waals surface area contributed by atoms with Gasteiger partial charge in [0.1, 0.15) is 10.8 Å². The van der Waals surface area contributed by atoms with Gasteiger partial charge in [0.25, 0.3) is 0 Å². The molecule has 1 aromatic heterocycles. The van der Waals surface area contributed by atoms with Crippen molar-refractivity contribution in [3.63, 3.8) is 0 Å². The molecule has 76 valence electrons. The van der Waals surface area contributed by atoms with Gasteiger partial charge in [-0.25, -0.2) is 4.79 Å². The lowest BCUT2D eigenvalue weighted by Crippen LogP contribution is -2.11. The number of carbonyl (C=O) groups is 2. The number of carboxylic acids is 1. The number of thiophene rings is 1. The Hall–Kier alpha value is -1.07. The summed E-state index contributed by atoms with van der Waals surface area (Å²) < 4.78 is 0. The number of hydrogen-bond acceptors (Lipinski definition) is 3. The van der Waals surface area contributed by atoms with Crippen LogP contribution in [0.15, 0.2) is 6.07 Å². The number of nitrogens with one attached hydrogen (secondary N) is 1. The van der Waals surface area contributed by atoms with E-state index in [2.05, 4.69) is 5.32 Å². The zero-order valence-corrected chi connectivity index (χ0v) is 8.91. The number of halogens is 1. The Morgan fingerprint density at radius 3 is 2.71 bits per heavy atom. The third-order valence-corrected chi connectivity index (χ3v) is 2.88. The molecule has 0 fully saturated rings. The van der Waals surface area contributed by atoms with Gasteiger partial charge >= 0.3 is 5.97 Å². The van der Waals surface area contributed by atoms with Crippen molar-refractivity contribution in [3.05, 3.63) is 16.5 Å². The van der Waals surface area contributed by atoms with Gasteiger partial charge in [-0.15, -0.1) is 22.9 Å². The molecule has 0 aliphatic rings. The minimum absolute atomic E-state index is 0.140. The number of carboxylic acid groups (broad SMARTS) is 1. The zero-order valence-electron chi connectivity index (χ0n) is 7.33. The lowest BCUT2D eigenvalue weighted by Gasteiger charge is -1.95. The monoisotopic (exact) mass is 233 g/mol. The molecule has 0 radical (unpaired) electrons. The predicted molar refractivity (Wildman–Crippen MR) is 55.4 cm³/mol. The number of anilines is 1. The van der Waals surface area contributed by atoms with Crippen LogP contribution in [-0.2, 0) is 4.79 Å². The van der Waals surface area contributed by atoms with Crippen LogP contribution in [0.2, 0.25) is 0 Å². The van der Waals surface area contributed by atoms with Crippen LogP contribution in [0.1, 0.15) is 15.2 Å². The molecule has 0 aliphatic heterocycles. The molecular weight excluding hydrogens is 226 g/mol. The van der Waals surface area contributed by atoms with E-state index in [1.165, 1.54) is 0 Å². The topological polar surface area (TPSA) is 66.4 Å². The molecule has 0 saturated carbocycles. The van der Waals surface area contributed by atoms with Gasteiger partial charge in [0.2, 0.25) is 5.91 Å². The van der Waals surface area contributed by atoms with Gasteiger partial charge in [-0.2, -0.15) is 0 Å². The van der Waals surface area contributed by atoms with Gasteiger partial charge < -0.3 is 10.4 Å². The number of aromatic carboxylic acids is 1. The van der Waals surface area contributed by atoms with Gasteiger partial charge in [-0.3, -0.25) is 4.79 Å². The second-order valence-corrected chi connectivity index (χ2v) is 3.93. The molecule has 1 rings (SSSR count). The molecule has 1 amide bonds. The van der Waals surface area contributed by atoms with E-state index in [4.69, 9.17) is 16.7 Å². The number of hydrogen-bond donors (Lipinski definition) is 2. The number of carbonyl (C=O) groups excluding carboxylic acids is 1. The summed E-state index contributed by atoms with van der Waals surface area (Å²) in [5.74, 6) is -1.47. The van der Waals surface area contributed by atoms with Gasteiger partial charge in [0, 0.05) is 0 Å². The SMILES string of the molecule is Cc1cc(NC(=O)CCl)sc1C(=O)O. The summed E-state index contributed by atoms with van der Waals surface area (Å²) in [4.78, 5) is 21.8. The van der Waals surface area contributed by atoms with Crippen molar-refractivity contribution in [1.29, 1.82) is 0 Å². The Morgan fingerprint density at radius 1 is 1.64 bits per heavy atom. The number of aryl methyl sites for hydroxylation is 1. The Kier molecular flexibility index (Phi) is 3.49. The molecule has 1 aromatic rings. The fourth-order valence-corrected chi connectivity index (χ4v) is 1.92. The molecule has 1 heterocycles. The fourth-order valence-electron chi connectivity index (χ4n) is 0.927. The lowest BCUT2D eigenvalue weighted by molar-refractivity contribution is -0.113. The standard InChI is InChI=1S/C8H8ClNO3S/c1-4-2-6(10-5(11)3-9)14-7(4)8(12)13/h2H,3H2,1H3,(H,10,11)(H,12,13). The number of rotatable bonds is 3. The van der Waals surface area contributed by atoms with Gasteiger partial charge in [0.15, 0.2) is 0 Å². The molecule has 0 unspecified atom stereocenters. The maximum Gasteiger partial charge on any atom is 0.346 e. The average molecular weight is 234 g/mol. The Morgan fingerprint density at radius 2 is 2.29 bits per heavy atom. The van der Waals surface area contributed by atoms with Crippen molar-refractivity contribution in [2.75, 3.05) is 11.2 Å². The summed E-state index contributed by atoms with van der Waals surface area (Å²) in [6, 6.07) is 1.61. The van der Waals surface area contributed by atoms with E-state index in [1.807, 2.05) is 0 Å². The van der Waals surface area contributed by atoms with Crippen molar-refractivity contribution in [2.45, 2.75) is 6.92 Å². The predicted octanol–water partition coefficient (Wildman–Crippen LogP) is 1.93. The first kappa shape index (κ1) is 11.0. The van der Waals surface area contributed by atoms with E-state index in [0.29, 0.717) is 10.6 Å². The summed E-state index contributed by atoms with van der Waals surface area (Å²) in [6.45, 7) is 1.68. The van der Waals surface area contributed by atoms with E-state index < -0.39 is 5.97 Å². The van der Waals surface area contributed by atoms with Crippen molar-refractivity contribution in [2.24, 2.45) is 0 Å². The van der Waals surface area contributed by atoms with Crippen LogP contribution in [0.5, 0.6) is 0 Å². The fraction of sp³-hybridized carbons (Fsp3) is 0.250. The van der Waals surface area contributed by atoms with Crippen LogP contribution < -0.4 is 5.32 Å². The zero-order chi connectivity index (χ0) is 10.7. The van der Waals surface area contributed by atoms with E-state index in [1.54, 1.807) is 13.0 Å². The minimum atomic E-state index is -0.987. The van der Waals surface area contributed by atoms with E-state index in [0.717, 1.165) is 11.3 Å². The molecule has 0 bridgehead atoms. The molecule has 14 heavy (non-hydrogen) atoms. The van der Waals surface area contributed by atoms with Gasteiger partial charge in [-0.05, 0) is 18.6 Å². The number of alkyl halides is 1. The molecule has 4 nitrogen and oxygen atoms in total. The first-order valence-electron chi connectivity index (χ1n) is 3.74. The van der Waals surface area contributed by atoms with Crippen LogP contribution in [0, 0.1) is 6.92 Å². The summed E-state index contributed by atoms with van der Waals surface area (Å²) in [5, 5.41) is 11.7. The van der Waals surface area contributed by atoms with Crippen LogP contribution in [0.4, 0.5) is 5.00 Å². The van der Waals surface area contributed by atoms with Crippen LogP contribution in [0.25, 0.3) is 0 Å². The highest BCUT2D eigenvalue weighted by molar-refractivity contribution is 7.18.